The summed E-state index contributed by atoms with van der Waals surface area (Å²) in [6.45, 7) is 6.83. The van der Waals surface area contributed by atoms with E-state index in [-0.39, 0.29) is 11.4 Å². The van der Waals surface area contributed by atoms with Gasteiger partial charge in [0, 0.05) is 18.3 Å². The molecule has 0 amide bonds. The smallest absolute Gasteiger partial charge is 0.137 e. The van der Waals surface area contributed by atoms with E-state index in [9.17, 15) is 4.39 Å². The van der Waals surface area contributed by atoms with Crippen LogP contribution in [0.1, 0.15) is 26.3 Å². The lowest BCUT2D eigenvalue weighted by Gasteiger charge is -2.21. The van der Waals surface area contributed by atoms with Crippen LogP contribution in [0.4, 0.5) is 4.39 Å². The highest BCUT2D eigenvalue weighted by Gasteiger charge is 2.15. The maximum atomic E-state index is 14.2. The molecule has 0 fully saturated rings. The van der Waals surface area contributed by atoms with Crippen LogP contribution in [0.15, 0.2) is 46.5 Å². The van der Waals surface area contributed by atoms with Gasteiger partial charge in [0.05, 0.1) is 9.92 Å². The van der Waals surface area contributed by atoms with Crippen LogP contribution in [0.25, 0.3) is 0 Å². The van der Waals surface area contributed by atoms with Gasteiger partial charge in [-0.3, -0.25) is 0 Å². The summed E-state index contributed by atoms with van der Waals surface area (Å²) in [6.07, 6.45) is 1.65. The Morgan fingerprint density at radius 2 is 2.00 bits per heavy atom. The average molecular weight is 325 g/mol. The van der Waals surface area contributed by atoms with Crippen molar-refractivity contribution in [1.29, 1.82) is 0 Å². The van der Waals surface area contributed by atoms with E-state index >= 15 is 0 Å². The first-order chi connectivity index (χ1) is 9.87. The molecule has 1 N–H and O–H groups in total. The molecule has 2 aromatic rings. The van der Waals surface area contributed by atoms with E-state index in [4.69, 9.17) is 11.6 Å². The Morgan fingerprint density at radius 1 is 1.24 bits per heavy atom. The lowest BCUT2D eigenvalue weighted by atomic mass is 10.1. The molecule has 0 aliphatic heterocycles. The SMILES string of the molecule is CC(C)(C)NCc1cccc(F)c1Sc1ncccc1Cl. The quantitative estimate of drug-likeness (QED) is 0.864. The highest BCUT2D eigenvalue weighted by atomic mass is 35.5. The monoisotopic (exact) mass is 324 g/mol. The van der Waals surface area contributed by atoms with Gasteiger partial charge in [-0.2, -0.15) is 0 Å². The molecule has 1 aromatic carbocycles. The van der Waals surface area contributed by atoms with Crippen molar-refractivity contribution in [3.8, 4) is 0 Å². The summed E-state index contributed by atoms with van der Waals surface area (Å²) in [5, 5.41) is 4.51. The molecular weight excluding hydrogens is 307 g/mol. The Kier molecular flexibility index (Phi) is 5.25. The Hall–Kier alpha value is -1.10. The van der Waals surface area contributed by atoms with Gasteiger partial charge in [-0.05, 0) is 44.5 Å². The van der Waals surface area contributed by atoms with Gasteiger partial charge in [-0.25, -0.2) is 9.37 Å². The number of benzene rings is 1. The van der Waals surface area contributed by atoms with E-state index in [1.165, 1.54) is 17.8 Å². The molecule has 0 saturated carbocycles. The summed E-state index contributed by atoms with van der Waals surface area (Å²) in [6, 6.07) is 8.61. The molecular formula is C16H18ClFN2S. The van der Waals surface area contributed by atoms with Crippen molar-refractivity contribution < 1.29 is 4.39 Å². The standard InChI is InChI=1S/C16H18ClFN2S/c1-16(2,3)20-10-11-6-4-8-13(18)14(11)21-15-12(17)7-5-9-19-15/h4-9,20H,10H2,1-3H3. The second kappa shape index (κ2) is 6.77. The third-order valence-corrected chi connectivity index (χ3v) is 4.38. The van der Waals surface area contributed by atoms with Crippen LogP contribution in [0.2, 0.25) is 5.02 Å². The summed E-state index contributed by atoms with van der Waals surface area (Å²) < 4.78 is 14.2. The number of hydrogen-bond acceptors (Lipinski definition) is 3. The van der Waals surface area contributed by atoms with Crippen molar-refractivity contribution in [3.63, 3.8) is 0 Å². The van der Waals surface area contributed by atoms with Gasteiger partial charge < -0.3 is 5.32 Å². The van der Waals surface area contributed by atoms with E-state index in [2.05, 4.69) is 31.1 Å². The molecule has 1 heterocycles. The highest BCUT2D eigenvalue weighted by molar-refractivity contribution is 7.99. The normalized spacial score (nSPS) is 11.7. The lowest BCUT2D eigenvalue weighted by Crippen LogP contribution is -2.35. The van der Waals surface area contributed by atoms with Gasteiger partial charge in [-0.1, -0.05) is 35.5 Å². The average Bonchev–Trinajstić information content (AvgIpc) is 2.41. The summed E-state index contributed by atoms with van der Waals surface area (Å²) in [7, 11) is 0. The number of nitrogens with zero attached hydrogens (tertiary/aromatic N) is 1. The highest BCUT2D eigenvalue weighted by Crippen LogP contribution is 2.35. The molecule has 1 aromatic heterocycles. The Morgan fingerprint density at radius 3 is 2.67 bits per heavy atom. The van der Waals surface area contributed by atoms with Crippen LogP contribution in [0.5, 0.6) is 0 Å². The molecule has 0 radical (unpaired) electrons. The minimum absolute atomic E-state index is 0.0309. The zero-order chi connectivity index (χ0) is 15.5. The Balaban J connectivity index is 2.28. The zero-order valence-electron chi connectivity index (χ0n) is 12.3. The fraction of sp³-hybridized carbons (Fsp3) is 0.312. The molecule has 0 aliphatic rings. The minimum atomic E-state index is -0.255. The molecule has 2 rings (SSSR count). The number of rotatable bonds is 4. The van der Waals surface area contributed by atoms with E-state index in [1.807, 2.05) is 6.07 Å². The van der Waals surface area contributed by atoms with Crippen LogP contribution in [-0.2, 0) is 6.54 Å². The van der Waals surface area contributed by atoms with Gasteiger partial charge in [0.1, 0.15) is 10.8 Å². The van der Waals surface area contributed by atoms with Crippen LogP contribution in [0.3, 0.4) is 0 Å². The van der Waals surface area contributed by atoms with Crippen molar-refractivity contribution in [2.24, 2.45) is 0 Å². The third kappa shape index (κ3) is 4.70. The summed E-state index contributed by atoms with van der Waals surface area (Å²) in [5.41, 5.74) is 0.869. The predicted molar refractivity (Wildman–Crippen MR) is 86.4 cm³/mol. The van der Waals surface area contributed by atoms with E-state index in [0.29, 0.717) is 21.5 Å². The molecule has 2 nitrogen and oxygen atoms in total. The first-order valence-electron chi connectivity index (χ1n) is 6.67. The Bertz CT molecular complexity index is 626. The van der Waals surface area contributed by atoms with Gasteiger partial charge in [0.15, 0.2) is 0 Å². The third-order valence-electron chi connectivity index (χ3n) is 2.78. The van der Waals surface area contributed by atoms with Gasteiger partial charge in [-0.15, -0.1) is 0 Å². The first kappa shape index (κ1) is 16.3. The van der Waals surface area contributed by atoms with E-state index in [0.717, 1.165) is 5.56 Å². The number of aromatic nitrogens is 1. The second-order valence-corrected chi connectivity index (χ2v) is 7.13. The molecule has 0 unspecified atom stereocenters. The van der Waals surface area contributed by atoms with Crippen LogP contribution >= 0.6 is 23.4 Å². The van der Waals surface area contributed by atoms with Crippen LogP contribution in [0, 0.1) is 5.82 Å². The summed E-state index contributed by atoms with van der Waals surface area (Å²) in [4.78, 5) is 4.77. The molecule has 0 aliphatic carbocycles. The van der Waals surface area contributed by atoms with Crippen LogP contribution in [-0.4, -0.2) is 10.5 Å². The Labute approximate surface area is 134 Å². The topological polar surface area (TPSA) is 24.9 Å². The van der Waals surface area contributed by atoms with E-state index < -0.39 is 0 Å². The lowest BCUT2D eigenvalue weighted by molar-refractivity contribution is 0.421. The summed E-state index contributed by atoms with van der Waals surface area (Å²) >= 11 is 7.37. The molecule has 21 heavy (non-hydrogen) atoms. The minimum Gasteiger partial charge on any atom is -0.308 e. The molecule has 5 heteroatoms. The van der Waals surface area contributed by atoms with Crippen molar-refractivity contribution in [3.05, 3.63) is 52.9 Å². The van der Waals surface area contributed by atoms with Crippen molar-refractivity contribution >= 4 is 23.4 Å². The van der Waals surface area contributed by atoms with Crippen molar-refractivity contribution in [2.75, 3.05) is 0 Å². The number of halogens is 2. The maximum absolute atomic E-state index is 14.2. The number of nitrogens with one attached hydrogen (secondary N) is 1. The molecule has 0 spiro atoms. The molecule has 112 valence electrons. The van der Waals surface area contributed by atoms with Crippen molar-refractivity contribution in [2.45, 2.75) is 42.8 Å². The fourth-order valence-electron chi connectivity index (χ4n) is 1.71. The van der Waals surface area contributed by atoms with Gasteiger partial charge in [0.25, 0.3) is 0 Å². The maximum Gasteiger partial charge on any atom is 0.137 e. The molecule has 0 saturated heterocycles. The van der Waals surface area contributed by atoms with Crippen molar-refractivity contribution in [1.82, 2.24) is 10.3 Å². The van der Waals surface area contributed by atoms with E-state index in [1.54, 1.807) is 24.4 Å². The molecule has 0 bridgehead atoms. The number of pyridine rings is 1. The van der Waals surface area contributed by atoms with Gasteiger partial charge in [0.2, 0.25) is 0 Å². The largest absolute Gasteiger partial charge is 0.308 e. The van der Waals surface area contributed by atoms with Crippen LogP contribution < -0.4 is 5.32 Å². The zero-order valence-corrected chi connectivity index (χ0v) is 13.9. The second-order valence-electron chi connectivity index (χ2n) is 5.72. The molecule has 0 atom stereocenters. The predicted octanol–water partition coefficient (Wildman–Crippen LogP) is 4.91. The first-order valence-corrected chi connectivity index (χ1v) is 7.87. The number of hydrogen-bond donors (Lipinski definition) is 1. The fourth-order valence-corrected chi connectivity index (χ4v) is 2.86. The van der Waals surface area contributed by atoms with Gasteiger partial charge >= 0.3 is 0 Å². The summed E-state index contributed by atoms with van der Waals surface area (Å²) in [5.74, 6) is -0.255.